The van der Waals surface area contributed by atoms with Gasteiger partial charge in [0.2, 0.25) is 0 Å². The molecule has 0 aliphatic rings. The van der Waals surface area contributed by atoms with E-state index in [1.807, 2.05) is 12.1 Å². The maximum atomic E-state index is 11.9. The van der Waals surface area contributed by atoms with Gasteiger partial charge in [0.25, 0.3) is 0 Å². The molecule has 0 saturated heterocycles. The number of hydrogen-bond acceptors (Lipinski definition) is 3. The number of nitrogen functional groups attached to an aromatic ring is 1. The van der Waals surface area contributed by atoms with Crippen LogP contribution in [0.2, 0.25) is 0 Å². The first-order valence-corrected chi connectivity index (χ1v) is 6.84. The van der Waals surface area contributed by atoms with Gasteiger partial charge in [-0.05, 0) is 48.9 Å². The molecule has 0 heterocycles. The zero-order valence-electron chi connectivity index (χ0n) is 11.9. The molecule has 110 valence electrons. The van der Waals surface area contributed by atoms with E-state index in [-0.39, 0.29) is 6.03 Å². The lowest BCUT2D eigenvalue weighted by Gasteiger charge is -2.09. The first kappa shape index (κ1) is 14.7. The van der Waals surface area contributed by atoms with E-state index in [1.165, 1.54) is 0 Å². The molecule has 2 aromatic carbocycles. The Labute approximate surface area is 124 Å². The Morgan fingerprint density at radius 2 is 1.81 bits per heavy atom. The second-order valence-electron chi connectivity index (χ2n) is 4.58. The molecular formula is C16H19N3O2. The normalized spacial score (nSPS) is 9.95. The van der Waals surface area contributed by atoms with Crippen LogP contribution < -0.4 is 21.1 Å². The van der Waals surface area contributed by atoms with Gasteiger partial charge in [0, 0.05) is 17.1 Å². The molecule has 0 bridgehead atoms. The molecule has 2 rings (SSSR count). The number of nitrogens with two attached hydrogens (primary N) is 1. The minimum atomic E-state index is -0.317. The standard InChI is InChI=1S/C16H19N3O2/c1-2-10-21-15-8-6-13(7-9-15)18-16(20)19-14-5-3-4-12(17)11-14/h3-9,11H,2,10,17H2,1H3,(H2,18,19,20). The van der Waals surface area contributed by atoms with Crippen LogP contribution in [0.15, 0.2) is 48.5 Å². The smallest absolute Gasteiger partial charge is 0.323 e. The van der Waals surface area contributed by atoms with Crippen molar-refractivity contribution in [2.24, 2.45) is 0 Å². The highest BCUT2D eigenvalue weighted by Gasteiger charge is 2.03. The largest absolute Gasteiger partial charge is 0.494 e. The molecule has 0 aromatic heterocycles. The summed E-state index contributed by atoms with van der Waals surface area (Å²) in [5.41, 5.74) is 7.60. The molecule has 0 fully saturated rings. The lowest BCUT2D eigenvalue weighted by Crippen LogP contribution is -2.19. The minimum Gasteiger partial charge on any atom is -0.494 e. The van der Waals surface area contributed by atoms with Crippen LogP contribution in [0.1, 0.15) is 13.3 Å². The number of anilines is 3. The zero-order chi connectivity index (χ0) is 15.1. The van der Waals surface area contributed by atoms with Crippen molar-refractivity contribution in [1.82, 2.24) is 0 Å². The molecule has 0 spiro atoms. The van der Waals surface area contributed by atoms with Crippen LogP contribution in [-0.4, -0.2) is 12.6 Å². The topological polar surface area (TPSA) is 76.4 Å². The van der Waals surface area contributed by atoms with Gasteiger partial charge in [0.15, 0.2) is 0 Å². The fourth-order valence-corrected chi connectivity index (χ4v) is 1.76. The van der Waals surface area contributed by atoms with Crippen LogP contribution >= 0.6 is 0 Å². The van der Waals surface area contributed by atoms with E-state index in [4.69, 9.17) is 10.5 Å². The molecule has 2 amide bonds. The number of carbonyl (C=O) groups is 1. The molecule has 0 radical (unpaired) electrons. The summed E-state index contributed by atoms with van der Waals surface area (Å²) < 4.78 is 5.48. The third kappa shape index (κ3) is 4.72. The van der Waals surface area contributed by atoms with E-state index >= 15 is 0 Å². The molecule has 21 heavy (non-hydrogen) atoms. The van der Waals surface area contributed by atoms with Gasteiger partial charge >= 0.3 is 6.03 Å². The number of benzene rings is 2. The highest BCUT2D eigenvalue weighted by Crippen LogP contribution is 2.17. The molecular weight excluding hydrogens is 266 g/mol. The minimum absolute atomic E-state index is 0.317. The Hall–Kier alpha value is -2.69. The Morgan fingerprint density at radius 3 is 2.48 bits per heavy atom. The van der Waals surface area contributed by atoms with Gasteiger partial charge in [0.05, 0.1) is 6.61 Å². The Kier molecular flexibility index (Phi) is 5.04. The summed E-state index contributed by atoms with van der Waals surface area (Å²) in [5, 5.41) is 5.47. The van der Waals surface area contributed by atoms with Crippen LogP contribution in [0.3, 0.4) is 0 Å². The summed E-state index contributed by atoms with van der Waals surface area (Å²) in [5.74, 6) is 0.790. The number of nitrogens with one attached hydrogen (secondary N) is 2. The molecule has 0 saturated carbocycles. The van der Waals surface area contributed by atoms with Crippen molar-refractivity contribution in [1.29, 1.82) is 0 Å². The fraction of sp³-hybridized carbons (Fsp3) is 0.188. The van der Waals surface area contributed by atoms with Crippen molar-refractivity contribution in [3.8, 4) is 5.75 Å². The van der Waals surface area contributed by atoms with Crippen molar-refractivity contribution in [3.63, 3.8) is 0 Å². The Bertz CT molecular complexity index is 597. The number of hydrogen-bond donors (Lipinski definition) is 3. The van der Waals surface area contributed by atoms with Crippen molar-refractivity contribution >= 4 is 23.1 Å². The van der Waals surface area contributed by atoms with Crippen LogP contribution in [0, 0.1) is 0 Å². The monoisotopic (exact) mass is 285 g/mol. The number of urea groups is 1. The first-order valence-electron chi connectivity index (χ1n) is 6.84. The molecule has 0 aliphatic heterocycles. The lowest BCUT2D eigenvalue weighted by molar-refractivity contribution is 0.262. The van der Waals surface area contributed by atoms with E-state index in [2.05, 4.69) is 17.6 Å². The average molecular weight is 285 g/mol. The van der Waals surface area contributed by atoms with Crippen molar-refractivity contribution in [3.05, 3.63) is 48.5 Å². The van der Waals surface area contributed by atoms with E-state index in [9.17, 15) is 4.79 Å². The lowest BCUT2D eigenvalue weighted by atomic mass is 10.3. The van der Waals surface area contributed by atoms with E-state index in [0.29, 0.717) is 23.7 Å². The van der Waals surface area contributed by atoms with Crippen LogP contribution in [-0.2, 0) is 0 Å². The van der Waals surface area contributed by atoms with Crippen LogP contribution in [0.25, 0.3) is 0 Å². The molecule has 0 unspecified atom stereocenters. The van der Waals surface area contributed by atoms with Gasteiger partial charge in [-0.2, -0.15) is 0 Å². The van der Waals surface area contributed by atoms with Gasteiger partial charge in [-0.25, -0.2) is 4.79 Å². The number of amides is 2. The van der Waals surface area contributed by atoms with E-state index < -0.39 is 0 Å². The maximum absolute atomic E-state index is 11.9. The van der Waals surface area contributed by atoms with Gasteiger partial charge in [-0.1, -0.05) is 13.0 Å². The number of carbonyl (C=O) groups excluding carboxylic acids is 1. The predicted octanol–water partition coefficient (Wildman–Crippen LogP) is 3.70. The van der Waals surface area contributed by atoms with E-state index in [1.54, 1.807) is 36.4 Å². The van der Waals surface area contributed by atoms with Crippen molar-refractivity contribution < 1.29 is 9.53 Å². The summed E-state index contributed by atoms with van der Waals surface area (Å²) in [6, 6.07) is 13.9. The third-order valence-electron chi connectivity index (χ3n) is 2.73. The molecule has 5 heteroatoms. The highest BCUT2D eigenvalue weighted by molar-refractivity contribution is 5.99. The fourth-order valence-electron chi connectivity index (χ4n) is 1.76. The summed E-state index contributed by atoms with van der Waals surface area (Å²) in [6.45, 7) is 2.74. The summed E-state index contributed by atoms with van der Waals surface area (Å²) in [6.07, 6.45) is 0.961. The summed E-state index contributed by atoms with van der Waals surface area (Å²) >= 11 is 0. The maximum Gasteiger partial charge on any atom is 0.323 e. The SMILES string of the molecule is CCCOc1ccc(NC(=O)Nc2cccc(N)c2)cc1. The molecule has 0 atom stereocenters. The summed E-state index contributed by atoms with van der Waals surface area (Å²) in [4.78, 5) is 11.9. The van der Waals surface area contributed by atoms with Crippen LogP contribution in [0.4, 0.5) is 21.9 Å². The van der Waals surface area contributed by atoms with Gasteiger partial charge in [0.1, 0.15) is 5.75 Å². The van der Waals surface area contributed by atoms with Gasteiger partial charge < -0.3 is 21.1 Å². The van der Waals surface area contributed by atoms with Gasteiger partial charge in [-0.15, -0.1) is 0 Å². The van der Waals surface area contributed by atoms with Crippen molar-refractivity contribution in [2.45, 2.75) is 13.3 Å². The Balaban J connectivity index is 1.90. The average Bonchev–Trinajstić information content (AvgIpc) is 2.46. The Morgan fingerprint density at radius 1 is 1.10 bits per heavy atom. The highest BCUT2D eigenvalue weighted by atomic mass is 16.5. The van der Waals surface area contributed by atoms with Crippen molar-refractivity contribution in [2.75, 3.05) is 23.0 Å². The third-order valence-corrected chi connectivity index (χ3v) is 2.73. The van der Waals surface area contributed by atoms with Gasteiger partial charge in [-0.3, -0.25) is 0 Å². The molecule has 5 nitrogen and oxygen atoms in total. The second-order valence-corrected chi connectivity index (χ2v) is 4.58. The second kappa shape index (κ2) is 7.19. The number of rotatable bonds is 5. The predicted molar refractivity (Wildman–Crippen MR) is 85.7 cm³/mol. The van der Waals surface area contributed by atoms with E-state index in [0.717, 1.165) is 12.2 Å². The summed E-state index contributed by atoms with van der Waals surface area (Å²) in [7, 11) is 0. The molecule has 0 aliphatic carbocycles. The van der Waals surface area contributed by atoms with Crippen LogP contribution in [0.5, 0.6) is 5.75 Å². The zero-order valence-corrected chi connectivity index (χ0v) is 11.9. The first-order chi connectivity index (χ1) is 10.2. The number of ether oxygens (including phenoxy) is 1. The molecule has 4 N–H and O–H groups in total. The molecule has 2 aromatic rings. The quantitative estimate of drug-likeness (QED) is 0.733.